The molecule has 0 bridgehead atoms. The second kappa shape index (κ2) is 5.91. The fraction of sp³-hybridized carbons (Fsp3) is 0.643. The smallest absolute Gasteiger partial charge is 0.255 e. The first kappa shape index (κ1) is 13.7. The van der Waals surface area contributed by atoms with Crippen LogP contribution in [0.1, 0.15) is 49.9 Å². The summed E-state index contributed by atoms with van der Waals surface area (Å²) in [6, 6.07) is 2.00. The molecule has 0 aromatic carbocycles. The summed E-state index contributed by atoms with van der Waals surface area (Å²) in [5, 5.41) is 3.16. The molecule has 1 aromatic heterocycles. The van der Waals surface area contributed by atoms with Crippen molar-refractivity contribution < 1.29 is 9.21 Å². The minimum Gasteiger partial charge on any atom is -0.457 e. The second-order valence-corrected chi connectivity index (χ2v) is 6.10. The van der Waals surface area contributed by atoms with Crippen LogP contribution in [0, 0.1) is 11.8 Å². The number of halogens is 1. The number of hydrogen-bond donors (Lipinski definition) is 1. The summed E-state index contributed by atoms with van der Waals surface area (Å²) in [7, 11) is 0. The number of carbonyl (C=O) groups is 1. The van der Waals surface area contributed by atoms with Crippen molar-refractivity contribution in [1.82, 2.24) is 5.32 Å². The van der Waals surface area contributed by atoms with Gasteiger partial charge in [0.15, 0.2) is 4.67 Å². The lowest BCUT2D eigenvalue weighted by Gasteiger charge is -2.34. The molecule has 1 aromatic rings. The van der Waals surface area contributed by atoms with Gasteiger partial charge in [-0.15, -0.1) is 0 Å². The minimum atomic E-state index is -0.0341. The van der Waals surface area contributed by atoms with Crippen LogP contribution in [0.2, 0.25) is 0 Å². The van der Waals surface area contributed by atoms with Crippen molar-refractivity contribution in [3.63, 3.8) is 0 Å². The van der Waals surface area contributed by atoms with Gasteiger partial charge in [0, 0.05) is 6.04 Å². The maximum absolute atomic E-state index is 12.2. The molecular weight excluding hydrogens is 294 g/mol. The van der Waals surface area contributed by atoms with Gasteiger partial charge < -0.3 is 9.73 Å². The minimum absolute atomic E-state index is 0.0341. The van der Waals surface area contributed by atoms with E-state index in [4.69, 9.17) is 4.42 Å². The highest BCUT2D eigenvalue weighted by molar-refractivity contribution is 9.10. The average Bonchev–Trinajstić information content (AvgIpc) is 2.76. The molecule has 0 radical (unpaired) electrons. The van der Waals surface area contributed by atoms with Crippen LogP contribution in [0.15, 0.2) is 21.4 Å². The lowest BCUT2D eigenvalue weighted by molar-refractivity contribution is 0.0887. The zero-order valence-electron chi connectivity index (χ0n) is 10.9. The fourth-order valence-corrected chi connectivity index (χ4v) is 3.26. The van der Waals surface area contributed by atoms with Crippen LogP contribution in [-0.2, 0) is 0 Å². The van der Waals surface area contributed by atoms with Crippen molar-refractivity contribution >= 4 is 21.8 Å². The molecule has 2 unspecified atom stereocenters. The Morgan fingerprint density at radius 2 is 2.17 bits per heavy atom. The summed E-state index contributed by atoms with van der Waals surface area (Å²) < 4.78 is 5.62. The number of rotatable bonds is 3. The Bertz CT molecular complexity index is 414. The molecule has 0 spiro atoms. The number of hydrogen-bond acceptors (Lipinski definition) is 2. The molecule has 1 aliphatic rings. The van der Waals surface area contributed by atoms with E-state index in [1.807, 2.05) is 0 Å². The van der Waals surface area contributed by atoms with E-state index in [0.29, 0.717) is 28.1 Å². The molecule has 1 heterocycles. The van der Waals surface area contributed by atoms with Crippen LogP contribution >= 0.6 is 15.9 Å². The molecule has 1 fully saturated rings. The molecular formula is C14H20BrNO2. The van der Waals surface area contributed by atoms with Crippen molar-refractivity contribution in [2.45, 2.75) is 45.6 Å². The molecule has 1 aliphatic carbocycles. The van der Waals surface area contributed by atoms with Crippen LogP contribution in [0.3, 0.4) is 0 Å². The number of amides is 1. The molecule has 3 nitrogen and oxygen atoms in total. The Morgan fingerprint density at radius 1 is 1.44 bits per heavy atom. The van der Waals surface area contributed by atoms with E-state index < -0.39 is 0 Å². The summed E-state index contributed by atoms with van der Waals surface area (Å²) in [5.74, 6) is 1.17. The third-order valence-corrected chi connectivity index (χ3v) is 4.47. The Balaban J connectivity index is 2.03. The Labute approximate surface area is 116 Å². The SMILES string of the molecule is CC(C)C1CCCCC1NC(=O)c1ccoc1Br. The van der Waals surface area contributed by atoms with E-state index in [9.17, 15) is 4.79 Å². The maximum Gasteiger partial charge on any atom is 0.255 e. The molecule has 1 N–H and O–H groups in total. The lowest BCUT2D eigenvalue weighted by atomic mass is 9.78. The van der Waals surface area contributed by atoms with Gasteiger partial charge in [0.05, 0.1) is 11.8 Å². The van der Waals surface area contributed by atoms with E-state index in [-0.39, 0.29) is 5.91 Å². The topological polar surface area (TPSA) is 42.2 Å². The highest BCUT2D eigenvalue weighted by atomic mass is 79.9. The van der Waals surface area contributed by atoms with Crippen LogP contribution < -0.4 is 5.32 Å². The molecule has 1 amide bonds. The molecule has 18 heavy (non-hydrogen) atoms. The molecule has 0 aliphatic heterocycles. The summed E-state index contributed by atoms with van der Waals surface area (Å²) in [6.45, 7) is 4.48. The molecule has 0 saturated heterocycles. The van der Waals surface area contributed by atoms with Gasteiger partial charge in [0.25, 0.3) is 5.91 Å². The largest absolute Gasteiger partial charge is 0.457 e. The van der Waals surface area contributed by atoms with E-state index in [1.54, 1.807) is 6.07 Å². The van der Waals surface area contributed by atoms with Crippen molar-refractivity contribution in [2.24, 2.45) is 11.8 Å². The van der Waals surface area contributed by atoms with Crippen LogP contribution in [0.4, 0.5) is 0 Å². The van der Waals surface area contributed by atoms with E-state index in [2.05, 4.69) is 35.1 Å². The van der Waals surface area contributed by atoms with Gasteiger partial charge in [-0.2, -0.15) is 0 Å². The zero-order chi connectivity index (χ0) is 13.1. The zero-order valence-corrected chi connectivity index (χ0v) is 12.5. The quantitative estimate of drug-likeness (QED) is 0.917. The average molecular weight is 314 g/mol. The Hall–Kier alpha value is -0.770. The van der Waals surface area contributed by atoms with Gasteiger partial charge in [-0.05, 0) is 46.7 Å². The fourth-order valence-electron chi connectivity index (χ4n) is 2.84. The number of nitrogens with one attached hydrogen (secondary N) is 1. The predicted octanol–water partition coefficient (Wildman–Crippen LogP) is 3.99. The first-order valence-corrected chi connectivity index (χ1v) is 7.42. The highest BCUT2D eigenvalue weighted by Gasteiger charge is 2.29. The van der Waals surface area contributed by atoms with Gasteiger partial charge in [-0.3, -0.25) is 4.79 Å². The van der Waals surface area contributed by atoms with Crippen LogP contribution in [-0.4, -0.2) is 11.9 Å². The number of furan rings is 1. The summed E-state index contributed by atoms with van der Waals surface area (Å²) in [5.41, 5.74) is 0.586. The van der Waals surface area contributed by atoms with Gasteiger partial charge >= 0.3 is 0 Å². The summed E-state index contributed by atoms with van der Waals surface area (Å²) in [6.07, 6.45) is 6.32. The third-order valence-electron chi connectivity index (χ3n) is 3.85. The van der Waals surface area contributed by atoms with Crippen LogP contribution in [0.5, 0.6) is 0 Å². The van der Waals surface area contributed by atoms with Gasteiger partial charge in [0.2, 0.25) is 0 Å². The normalized spacial score (nSPS) is 24.2. The Kier molecular flexibility index (Phi) is 4.49. The summed E-state index contributed by atoms with van der Waals surface area (Å²) >= 11 is 3.25. The summed E-state index contributed by atoms with van der Waals surface area (Å²) in [4.78, 5) is 12.2. The van der Waals surface area contributed by atoms with Gasteiger partial charge in [-0.25, -0.2) is 0 Å². The molecule has 4 heteroatoms. The van der Waals surface area contributed by atoms with E-state index in [1.165, 1.54) is 25.5 Å². The second-order valence-electron chi connectivity index (χ2n) is 5.38. The standard InChI is InChI=1S/C14H20BrNO2/c1-9(2)10-5-3-4-6-12(10)16-14(17)11-7-8-18-13(11)15/h7-10,12H,3-6H2,1-2H3,(H,16,17). The monoisotopic (exact) mass is 313 g/mol. The Morgan fingerprint density at radius 3 is 2.78 bits per heavy atom. The van der Waals surface area contributed by atoms with Crippen molar-refractivity contribution in [1.29, 1.82) is 0 Å². The van der Waals surface area contributed by atoms with E-state index >= 15 is 0 Å². The maximum atomic E-state index is 12.2. The van der Waals surface area contributed by atoms with Crippen LogP contribution in [0.25, 0.3) is 0 Å². The first-order chi connectivity index (χ1) is 8.59. The van der Waals surface area contributed by atoms with Crippen molar-refractivity contribution in [3.8, 4) is 0 Å². The van der Waals surface area contributed by atoms with Gasteiger partial charge in [-0.1, -0.05) is 26.7 Å². The molecule has 2 rings (SSSR count). The van der Waals surface area contributed by atoms with Gasteiger partial charge in [0.1, 0.15) is 0 Å². The molecule has 2 atom stereocenters. The van der Waals surface area contributed by atoms with Crippen molar-refractivity contribution in [2.75, 3.05) is 0 Å². The molecule has 100 valence electrons. The lowest BCUT2D eigenvalue weighted by Crippen LogP contribution is -2.43. The highest BCUT2D eigenvalue weighted by Crippen LogP contribution is 2.30. The number of carbonyl (C=O) groups excluding carboxylic acids is 1. The third kappa shape index (κ3) is 2.97. The first-order valence-electron chi connectivity index (χ1n) is 6.63. The van der Waals surface area contributed by atoms with E-state index in [0.717, 1.165) is 6.42 Å². The van der Waals surface area contributed by atoms with Crippen molar-refractivity contribution in [3.05, 3.63) is 22.6 Å². The molecule has 1 saturated carbocycles. The predicted molar refractivity (Wildman–Crippen MR) is 74.5 cm³/mol.